The molecule has 0 amide bonds. The molecule has 0 unspecified atom stereocenters. The Labute approximate surface area is 294 Å². The minimum atomic E-state index is -3.31. The van der Waals surface area contributed by atoms with Crippen molar-refractivity contribution in [2.75, 3.05) is 6.26 Å². The van der Waals surface area contributed by atoms with E-state index in [0.717, 1.165) is 24.0 Å². The van der Waals surface area contributed by atoms with Crippen molar-refractivity contribution < 1.29 is 26.0 Å². The molecule has 0 bridgehead atoms. The molecule has 4 rings (SSSR count). The van der Waals surface area contributed by atoms with Gasteiger partial charge in [-0.1, -0.05) is 103 Å². The molecular formula is C39H43ClF4N2O2S. The summed E-state index contributed by atoms with van der Waals surface area (Å²) in [4.78, 5) is 6.47. The minimum Gasteiger partial charge on any atom is -0.238 e. The van der Waals surface area contributed by atoms with E-state index in [0.29, 0.717) is 39.0 Å². The third-order valence-corrected chi connectivity index (χ3v) is 8.51. The topological polar surface area (TPSA) is 42.9 Å². The molecule has 0 N–H and O–H groups in total. The van der Waals surface area contributed by atoms with Gasteiger partial charge < -0.3 is 0 Å². The zero-order valence-electron chi connectivity index (χ0n) is 29.2. The number of nitrogens with zero attached hydrogens (tertiary/aromatic N) is 2. The molecule has 0 heterocycles. The number of halogens is 5. The standard InChI is InChI=1S/C10H10ClN.C10H10FN.C10H13FO2S.C9H10F2/c2*1-7(2)9-5-4-8(12-3)6-10(9)11;1-7(2)9-5-4-8(6-10(9)11)14(3,12)13;1-6(2)8-4-3-7(10)5-9(8)11/h2*4-7H,1-2H3;4-7H,1-3H3;3-6H,1-2H3. The van der Waals surface area contributed by atoms with Gasteiger partial charge in [-0.3, -0.25) is 0 Å². The van der Waals surface area contributed by atoms with Crippen LogP contribution in [0.25, 0.3) is 9.69 Å². The van der Waals surface area contributed by atoms with E-state index in [1.165, 1.54) is 30.3 Å². The molecule has 0 aliphatic carbocycles. The summed E-state index contributed by atoms with van der Waals surface area (Å²) in [7, 11) is -3.31. The van der Waals surface area contributed by atoms with Crippen LogP contribution < -0.4 is 0 Å². The fourth-order valence-electron chi connectivity index (χ4n) is 4.28. The van der Waals surface area contributed by atoms with Gasteiger partial charge in [0.25, 0.3) is 0 Å². The van der Waals surface area contributed by atoms with Crippen LogP contribution in [0.3, 0.4) is 0 Å². The lowest BCUT2D eigenvalue weighted by molar-refractivity contribution is 0.565. The molecule has 10 heteroatoms. The van der Waals surface area contributed by atoms with Gasteiger partial charge in [0.05, 0.1) is 18.0 Å². The van der Waals surface area contributed by atoms with Crippen molar-refractivity contribution in [3.8, 4) is 0 Å². The summed E-state index contributed by atoms with van der Waals surface area (Å²) in [5.41, 5.74) is 3.83. The van der Waals surface area contributed by atoms with E-state index in [2.05, 4.69) is 23.5 Å². The van der Waals surface area contributed by atoms with Gasteiger partial charge in [0.15, 0.2) is 21.2 Å². The summed E-state index contributed by atoms with van der Waals surface area (Å²) >= 11 is 5.96. The summed E-state index contributed by atoms with van der Waals surface area (Å²) in [5, 5.41) is 0.693. The molecular weight excluding hydrogens is 672 g/mol. The van der Waals surface area contributed by atoms with Gasteiger partial charge in [0.2, 0.25) is 0 Å². The maximum Gasteiger partial charge on any atom is 0.190 e. The molecule has 0 radical (unpaired) electrons. The lowest BCUT2D eigenvalue weighted by Gasteiger charge is -2.07. The van der Waals surface area contributed by atoms with Gasteiger partial charge in [-0.05, 0) is 76.3 Å². The van der Waals surface area contributed by atoms with Crippen LogP contribution in [0.2, 0.25) is 5.02 Å². The maximum absolute atomic E-state index is 13.4. The van der Waals surface area contributed by atoms with Gasteiger partial charge in [-0.2, -0.15) is 0 Å². The summed E-state index contributed by atoms with van der Waals surface area (Å²) in [6.07, 6.45) is 1.07. The minimum absolute atomic E-state index is 0.0272. The molecule has 0 saturated carbocycles. The predicted molar refractivity (Wildman–Crippen MR) is 193 cm³/mol. The number of hydrogen-bond donors (Lipinski definition) is 0. The van der Waals surface area contributed by atoms with Crippen molar-refractivity contribution in [1.82, 2.24) is 0 Å². The molecule has 0 saturated heterocycles. The van der Waals surface area contributed by atoms with Crippen molar-refractivity contribution in [3.05, 3.63) is 146 Å². The summed E-state index contributed by atoms with van der Waals surface area (Å²) in [6.45, 7) is 28.9. The van der Waals surface area contributed by atoms with Crippen LogP contribution in [0.4, 0.5) is 28.9 Å². The zero-order chi connectivity index (χ0) is 37.6. The van der Waals surface area contributed by atoms with Crippen LogP contribution in [0, 0.1) is 36.4 Å². The van der Waals surface area contributed by atoms with Crippen molar-refractivity contribution in [3.63, 3.8) is 0 Å². The van der Waals surface area contributed by atoms with E-state index in [-0.39, 0.29) is 28.5 Å². The molecule has 4 aromatic rings. The smallest absolute Gasteiger partial charge is 0.190 e. The van der Waals surface area contributed by atoms with Gasteiger partial charge in [-0.15, -0.1) is 0 Å². The Bertz CT molecular complexity index is 1830. The third-order valence-electron chi connectivity index (χ3n) is 7.08. The Morgan fingerprint density at radius 3 is 1.27 bits per heavy atom. The van der Waals surface area contributed by atoms with E-state index in [4.69, 9.17) is 24.7 Å². The first-order valence-electron chi connectivity index (χ1n) is 15.5. The largest absolute Gasteiger partial charge is 0.238 e. The molecule has 49 heavy (non-hydrogen) atoms. The second-order valence-corrected chi connectivity index (χ2v) is 14.8. The van der Waals surface area contributed by atoms with Gasteiger partial charge in [-0.25, -0.2) is 35.7 Å². The Hall–Kier alpha value is -4.18. The number of hydrogen-bond acceptors (Lipinski definition) is 2. The van der Waals surface area contributed by atoms with Crippen molar-refractivity contribution >= 4 is 32.8 Å². The predicted octanol–water partition coefficient (Wildman–Crippen LogP) is 13.0. The highest BCUT2D eigenvalue weighted by Crippen LogP contribution is 2.28. The molecule has 0 aliphatic rings. The molecule has 0 spiro atoms. The monoisotopic (exact) mass is 714 g/mol. The highest BCUT2D eigenvalue weighted by atomic mass is 35.5. The van der Waals surface area contributed by atoms with Crippen LogP contribution in [0.1, 0.15) is 101 Å². The van der Waals surface area contributed by atoms with E-state index in [9.17, 15) is 26.0 Å². The third kappa shape index (κ3) is 14.1. The Balaban J connectivity index is 0.000000328. The number of rotatable bonds is 5. The first kappa shape index (κ1) is 42.8. The zero-order valence-corrected chi connectivity index (χ0v) is 30.8. The Kier molecular flexibility index (Phi) is 17.2. The van der Waals surface area contributed by atoms with Crippen LogP contribution >= 0.6 is 11.6 Å². The van der Waals surface area contributed by atoms with E-state index in [1.54, 1.807) is 24.3 Å². The van der Waals surface area contributed by atoms with Crippen molar-refractivity contribution in [2.45, 2.75) is 84.0 Å². The fourth-order valence-corrected chi connectivity index (χ4v) is 5.31. The molecule has 0 fully saturated rings. The van der Waals surface area contributed by atoms with Crippen molar-refractivity contribution in [2.24, 2.45) is 0 Å². The van der Waals surface area contributed by atoms with E-state index in [1.807, 2.05) is 47.6 Å². The Morgan fingerprint density at radius 1 is 0.551 bits per heavy atom. The number of sulfone groups is 1. The molecule has 0 aromatic heterocycles. The summed E-state index contributed by atoms with van der Waals surface area (Å²) in [5.74, 6) is -0.963. The van der Waals surface area contributed by atoms with E-state index >= 15 is 0 Å². The lowest BCUT2D eigenvalue weighted by Crippen LogP contribution is -2.00. The summed E-state index contributed by atoms with van der Waals surface area (Å²) in [6, 6.07) is 17.7. The van der Waals surface area contributed by atoms with E-state index < -0.39 is 27.3 Å². The molecule has 4 nitrogen and oxygen atoms in total. The number of benzene rings is 4. The highest BCUT2D eigenvalue weighted by Gasteiger charge is 2.12. The average molecular weight is 715 g/mol. The van der Waals surface area contributed by atoms with Crippen LogP contribution in [-0.2, 0) is 9.84 Å². The van der Waals surface area contributed by atoms with Gasteiger partial charge >= 0.3 is 0 Å². The van der Waals surface area contributed by atoms with Crippen LogP contribution in [0.5, 0.6) is 0 Å². The first-order chi connectivity index (χ1) is 22.7. The SMILES string of the molecule is CC(C)c1ccc(F)cc1F.CC(C)c1ccc(S(C)(=O)=O)cc1F.[C-]#[N+]c1ccc(C(C)C)c(Cl)c1.[C-]#[N+]c1ccc(C(C)C)c(F)c1. The molecule has 4 aromatic carbocycles. The average Bonchev–Trinajstić information content (AvgIpc) is 3.00. The van der Waals surface area contributed by atoms with Gasteiger partial charge in [0, 0.05) is 17.3 Å². The highest BCUT2D eigenvalue weighted by molar-refractivity contribution is 7.90. The second-order valence-electron chi connectivity index (χ2n) is 12.4. The first-order valence-corrected chi connectivity index (χ1v) is 17.8. The fraction of sp³-hybridized carbons (Fsp3) is 0.333. The Morgan fingerprint density at radius 2 is 0.918 bits per heavy atom. The van der Waals surface area contributed by atoms with Crippen LogP contribution in [0.15, 0.2) is 77.7 Å². The van der Waals surface area contributed by atoms with Crippen LogP contribution in [-0.4, -0.2) is 14.7 Å². The molecule has 0 aliphatic heterocycles. The second kappa shape index (κ2) is 19.7. The quantitative estimate of drug-likeness (QED) is 0.153. The normalized spacial score (nSPS) is 10.7. The summed E-state index contributed by atoms with van der Waals surface area (Å²) < 4.78 is 73.9. The molecule has 0 atom stereocenters. The molecule has 262 valence electrons. The maximum atomic E-state index is 13.4. The van der Waals surface area contributed by atoms with Gasteiger partial charge in [0.1, 0.15) is 23.3 Å². The lowest BCUT2D eigenvalue weighted by atomic mass is 10.0. The van der Waals surface area contributed by atoms with Crippen molar-refractivity contribution in [1.29, 1.82) is 0 Å².